The van der Waals surface area contributed by atoms with Crippen LogP contribution in [0.5, 0.6) is 0 Å². The van der Waals surface area contributed by atoms with Crippen LogP contribution in [0.4, 0.5) is 11.6 Å². The number of aromatic nitrogens is 2. The predicted molar refractivity (Wildman–Crippen MR) is 63.8 cm³/mol. The third kappa shape index (κ3) is 2.51. The van der Waals surface area contributed by atoms with Crippen molar-refractivity contribution in [2.24, 2.45) is 0 Å². The van der Waals surface area contributed by atoms with Crippen LogP contribution < -0.4 is 5.32 Å². The van der Waals surface area contributed by atoms with Gasteiger partial charge in [-0.15, -0.1) is 0 Å². The summed E-state index contributed by atoms with van der Waals surface area (Å²) in [5.74, 6) is 0.486. The first kappa shape index (κ1) is 11.8. The summed E-state index contributed by atoms with van der Waals surface area (Å²) in [6.45, 7) is 2.14. The highest BCUT2D eigenvalue weighted by Gasteiger charge is 2.32. The third-order valence-corrected chi connectivity index (χ3v) is 3.46. The van der Waals surface area contributed by atoms with Crippen molar-refractivity contribution in [3.8, 4) is 0 Å². The van der Waals surface area contributed by atoms with Crippen LogP contribution >= 0.6 is 0 Å². The highest BCUT2D eigenvalue weighted by atomic mass is 16.6. The van der Waals surface area contributed by atoms with Crippen LogP contribution in [0.3, 0.4) is 0 Å². The Labute approximate surface area is 99.6 Å². The lowest BCUT2D eigenvalue weighted by Crippen LogP contribution is -2.34. The van der Waals surface area contributed by atoms with E-state index in [9.17, 15) is 10.1 Å². The van der Waals surface area contributed by atoms with Crippen LogP contribution in [0.25, 0.3) is 0 Å². The Hall–Kier alpha value is -1.72. The minimum Gasteiger partial charge on any atom is -0.349 e. The van der Waals surface area contributed by atoms with E-state index >= 15 is 0 Å². The molecule has 1 fully saturated rings. The Morgan fingerprint density at radius 1 is 1.41 bits per heavy atom. The van der Waals surface area contributed by atoms with Crippen molar-refractivity contribution in [3.63, 3.8) is 0 Å². The first-order valence-electron chi connectivity index (χ1n) is 5.90. The number of nitrogens with zero attached hydrogens (tertiary/aromatic N) is 3. The molecule has 0 radical (unpaired) electrons. The molecule has 17 heavy (non-hydrogen) atoms. The molecule has 1 N–H and O–H groups in total. The molecule has 0 saturated heterocycles. The zero-order valence-electron chi connectivity index (χ0n) is 9.85. The molecular formula is C11H16N4O2. The molecule has 92 valence electrons. The lowest BCUT2D eigenvalue weighted by Gasteiger charge is -2.28. The quantitative estimate of drug-likeness (QED) is 0.641. The minimum absolute atomic E-state index is 0.0764. The Bertz CT molecular complexity index is 398. The van der Waals surface area contributed by atoms with Gasteiger partial charge in [0.2, 0.25) is 5.95 Å². The summed E-state index contributed by atoms with van der Waals surface area (Å²) >= 11 is 0. The summed E-state index contributed by atoms with van der Waals surface area (Å²) < 4.78 is 0. The van der Waals surface area contributed by atoms with Gasteiger partial charge in [-0.25, -0.2) is 9.97 Å². The van der Waals surface area contributed by atoms with Crippen molar-refractivity contribution in [3.05, 3.63) is 22.5 Å². The molecule has 2 rings (SSSR count). The van der Waals surface area contributed by atoms with E-state index in [-0.39, 0.29) is 11.2 Å². The van der Waals surface area contributed by atoms with E-state index in [1.165, 1.54) is 25.2 Å². The van der Waals surface area contributed by atoms with Gasteiger partial charge >= 0.3 is 5.69 Å². The Morgan fingerprint density at radius 3 is 2.47 bits per heavy atom. The van der Waals surface area contributed by atoms with E-state index < -0.39 is 4.92 Å². The largest absolute Gasteiger partial charge is 0.349 e. The van der Waals surface area contributed by atoms with Crippen LogP contribution in [0.15, 0.2) is 12.4 Å². The van der Waals surface area contributed by atoms with Gasteiger partial charge in [-0.2, -0.15) is 0 Å². The molecule has 1 aromatic heterocycles. The number of hydrogen-bond acceptors (Lipinski definition) is 5. The van der Waals surface area contributed by atoms with Crippen LogP contribution in [-0.2, 0) is 0 Å². The average molecular weight is 236 g/mol. The van der Waals surface area contributed by atoms with E-state index in [0.717, 1.165) is 19.3 Å². The summed E-state index contributed by atoms with van der Waals surface area (Å²) in [6, 6.07) is 0. The van der Waals surface area contributed by atoms with E-state index in [1.54, 1.807) is 0 Å². The van der Waals surface area contributed by atoms with Gasteiger partial charge in [0, 0.05) is 5.54 Å². The molecular weight excluding hydrogens is 220 g/mol. The number of anilines is 1. The zero-order valence-corrected chi connectivity index (χ0v) is 9.85. The van der Waals surface area contributed by atoms with Crippen molar-refractivity contribution >= 4 is 11.6 Å². The zero-order chi connectivity index (χ0) is 12.3. The molecule has 6 heteroatoms. The first-order valence-corrected chi connectivity index (χ1v) is 5.90. The number of rotatable bonds is 4. The molecule has 1 aliphatic rings. The fourth-order valence-electron chi connectivity index (χ4n) is 2.34. The lowest BCUT2D eigenvalue weighted by molar-refractivity contribution is -0.385. The van der Waals surface area contributed by atoms with Crippen LogP contribution in [0.2, 0.25) is 0 Å². The minimum atomic E-state index is -0.491. The van der Waals surface area contributed by atoms with Gasteiger partial charge in [-0.3, -0.25) is 10.1 Å². The average Bonchev–Trinajstić information content (AvgIpc) is 2.79. The maximum Gasteiger partial charge on any atom is 0.305 e. The van der Waals surface area contributed by atoms with E-state index in [4.69, 9.17) is 0 Å². The Morgan fingerprint density at radius 2 is 2.00 bits per heavy atom. The standard InChI is InChI=1S/C11H16N4O2/c1-2-11(5-3-4-6-11)14-10-12-7-9(8-13-10)15(16)17/h7-8H,2-6H2,1H3,(H,12,13,14). The molecule has 0 bridgehead atoms. The SMILES string of the molecule is CCC1(Nc2ncc([N+](=O)[O-])cn2)CCCC1. The highest BCUT2D eigenvalue weighted by Crippen LogP contribution is 2.34. The number of nitro groups is 1. The van der Waals surface area contributed by atoms with Gasteiger partial charge in [0.15, 0.2) is 0 Å². The van der Waals surface area contributed by atoms with Gasteiger partial charge in [-0.1, -0.05) is 19.8 Å². The lowest BCUT2D eigenvalue weighted by atomic mass is 9.94. The maximum atomic E-state index is 10.5. The van der Waals surface area contributed by atoms with E-state index in [0.29, 0.717) is 5.95 Å². The molecule has 1 saturated carbocycles. The highest BCUT2D eigenvalue weighted by molar-refractivity contribution is 5.34. The molecule has 0 atom stereocenters. The van der Waals surface area contributed by atoms with Crippen molar-refractivity contribution in [2.75, 3.05) is 5.32 Å². The third-order valence-electron chi connectivity index (χ3n) is 3.46. The summed E-state index contributed by atoms with van der Waals surface area (Å²) in [6.07, 6.45) is 8.17. The molecule has 0 unspecified atom stereocenters. The van der Waals surface area contributed by atoms with Crippen LogP contribution in [0.1, 0.15) is 39.0 Å². The van der Waals surface area contributed by atoms with Crippen LogP contribution in [0, 0.1) is 10.1 Å². The van der Waals surface area contributed by atoms with Crippen LogP contribution in [-0.4, -0.2) is 20.4 Å². The molecule has 0 spiro atoms. The summed E-state index contributed by atoms with van der Waals surface area (Å²) in [4.78, 5) is 18.0. The molecule has 6 nitrogen and oxygen atoms in total. The second-order valence-corrected chi connectivity index (χ2v) is 4.49. The molecule has 1 aliphatic carbocycles. The van der Waals surface area contributed by atoms with Gasteiger partial charge in [0.05, 0.1) is 4.92 Å². The fourth-order valence-corrected chi connectivity index (χ4v) is 2.34. The monoisotopic (exact) mass is 236 g/mol. The van der Waals surface area contributed by atoms with Gasteiger partial charge < -0.3 is 5.32 Å². The van der Waals surface area contributed by atoms with Crippen molar-refractivity contribution in [1.82, 2.24) is 9.97 Å². The predicted octanol–water partition coefficient (Wildman–Crippen LogP) is 2.52. The van der Waals surface area contributed by atoms with Gasteiger partial charge in [-0.05, 0) is 19.3 Å². The normalized spacial score (nSPS) is 17.9. The van der Waals surface area contributed by atoms with Crippen molar-refractivity contribution in [1.29, 1.82) is 0 Å². The maximum absolute atomic E-state index is 10.5. The molecule has 0 aliphatic heterocycles. The van der Waals surface area contributed by atoms with Gasteiger partial charge in [0.25, 0.3) is 0 Å². The second kappa shape index (κ2) is 4.65. The fraction of sp³-hybridized carbons (Fsp3) is 0.636. The van der Waals surface area contributed by atoms with E-state index in [1.807, 2.05) is 0 Å². The Balaban J connectivity index is 2.10. The molecule has 0 amide bonds. The Kier molecular flexibility index (Phi) is 3.21. The summed E-state index contributed by atoms with van der Waals surface area (Å²) in [5, 5.41) is 13.8. The molecule has 1 heterocycles. The van der Waals surface area contributed by atoms with Crippen molar-refractivity contribution in [2.45, 2.75) is 44.6 Å². The summed E-state index contributed by atoms with van der Waals surface area (Å²) in [7, 11) is 0. The summed E-state index contributed by atoms with van der Waals surface area (Å²) in [5.41, 5.74) is 0.00313. The van der Waals surface area contributed by atoms with Crippen molar-refractivity contribution < 1.29 is 4.92 Å². The molecule has 0 aromatic carbocycles. The van der Waals surface area contributed by atoms with E-state index in [2.05, 4.69) is 22.2 Å². The topological polar surface area (TPSA) is 81.0 Å². The first-order chi connectivity index (χ1) is 8.15. The number of hydrogen-bond donors (Lipinski definition) is 1. The molecule has 1 aromatic rings. The smallest absolute Gasteiger partial charge is 0.305 e. The number of nitrogens with one attached hydrogen (secondary N) is 1. The van der Waals surface area contributed by atoms with Gasteiger partial charge in [0.1, 0.15) is 12.4 Å². The second-order valence-electron chi connectivity index (χ2n) is 4.49.